The molecule has 5 nitrogen and oxygen atoms in total. The lowest BCUT2D eigenvalue weighted by Crippen LogP contribution is -2.29. The Morgan fingerprint density at radius 1 is 1.15 bits per heavy atom. The normalized spacial score (nSPS) is 13.9. The number of rotatable bonds is 4. The van der Waals surface area contributed by atoms with Crippen molar-refractivity contribution in [2.45, 2.75) is 19.1 Å². The van der Waals surface area contributed by atoms with E-state index in [1.807, 2.05) is 0 Å². The number of fused-ring (bicyclic) bond motifs is 1. The van der Waals surface area contributed by atoms with E-state index < -0.39 is 18.2 Å². The van der Waals surface area contributed by atoms with Gasteiger partial charge in [-0.05, 0) is 41.5 Å². The standard InChI is InChI=1S/C15H16O5/c1-2-20-15(19)14(18)13(17)10-4-3-9-5-6-12(16)8-11(9)7-10/h3-8,13-14,16-18H,2H2,1H3. The summed E-state index contributed by atoms with van der Waals surface area (Å²) in [6, 6.07) is 9.82. The van der Waals surface area contributed by atoms with Crippen LogP contribution in [-0.4, -0.2) is 34.0 Å². The molecule has 2 aromatic carbocycles. The Labute approximate surface area is 116 Å². The van der Waals surface area contributed by atoms with Gasteiger partial charge < -0.3 is 20.1 Å². The third-order valence-electron chi connectivity index (χ3n) is 3.02. The van der Waals surface area contributed by atoms with E-state index in [4.69, 9.17) is 0 Å². The highest BCUT2D eigenvalue weighted by molar-refractivity contribution is 5.85. The van der Waals surface area contributed by atoms with Gasteiger partial charge in [0.15, 0.2) is 6.10 Å². The number of benzene rings is 2. The Hall–Kier alpha value is -2.11. The van der Waals surface area contributed by atoms with Crippen molar-refractivity contribution in [2.24, 2.45) is 0 Å². The molecule has 2 aromatic rings. The zero-order valence-electron chi connectivity index (χ0n) is 11.0. The van der Waals surface area contributed by atoms with Crippen molar-refractivity contribution in [3.63, 3.8) is 0 Å². The first kappa shape index (κ1) is 14.3. The topological polar surface area (TPSA) is 87.0 Å². The molecule has 0 spiro atoms. The minimum Gasteiger partial charge on any atom is -0.508 e. The van der Waals surface area contributed by atoms with Gasteiger partial charge in [0.05, 0.1) is 6.61 Å². The van der Waals surface area contributed by atoms with Crippen molar-refractivity contribution in [1.29, 1.82) is 0 Å². The Kier molecular flexibility index (Phi) is 4.22. The summed E-state index contributed by atoms with van der Waals surface area (Å²) >= 11 is 0. The monoisotopic (exact) mass is 276 g/mol. The molecule has 0 amide bonds. The zero-order chi connectivity index (χ0) is 14.7. The van der Waals surface area contributed by atoms with Gasteiger partial charge in [-0.15, -0.1) is 0 Å². The third kappa shape index (κ3) is 2.89. The molecule has 0 saturated carbocycles. The highest BCUT2D eigenvalue weighted by atomic mass is 16.5. The maximum absolute atomic E-state index is 11.4. The molecule has 0 bridgehead atoms. The van der Waals surface area contributed by atoms with E-state index in [1.54, 1.807) is 43.3 Å². The highest BCUT2D eigenvalue weighted by Gasteiger charge is 2.26. The second-order valence-corrected chi connectivity index (χ2v) is 4.43. The molecule has 2 unspecified atom stereocenters. The first-order valence-electron chi connectivity index (χ1n) is 6.28. The Morgan fingerprint density at radius 3 is 2.55 bits per heavy atom. The average Bonchev–Trinajstić information content (AvgIpc) is 2.45. The molecule has 0 heterocycles. The molecular weight excluding hydrogens is 260 g/mol. The second-order valence-electron chi connectivity index (χ2n) is 4.43. The molecule has 3 N–H and O–H groups in total. The highest BCUT2D eigenvalue weighted by Crippen LogP contribution is 2.25. The van der Waals surface area contributed by atoms with E-state index >= 15 is 0 Å². The van der Waals surface area contributed by atoms with Crippen LogP contribution in [0.3, 0.4) is 0 Å². The molecule has 106 valence electrons. The average molecular weight is 276 g/mol. The van der Waals surface area contributed by atoms with Crippen molar-refractivity contribution in [3.8, 4) is 5.75 Å². The number of esters is 1. The molecule has 0 aliphatic carbocycles. The molecule has 0 aromatic heterocycles. The van der Waals surface area contributed by atoms with Crippen molar-refractivity contribution in [2.75, 3.05) is 6.61 Å². The lowest BCUT2D eigenvalue weighted by molar-refractivity contribution is -0.159. The van der Waals surface area contributed by atoms with Gasteiger partial charge in [0.25, 0.3) is 0 Å². The predicted octanol–water partition coefficient (Wildman–Crippen LogP) is 1.50. The van der Waals surface area contributed by atoms with Crippen LogP contribution in [0.5, 0.6) is 5.75 Å². The van der Waals surface area contributed by atoms with E-state index in [0.717, 1.165) is 5.39 Å². The first-order chi connectivity index (χ1) is 9.52. The summed E-state index contributed by atoms with van der Waals surface area (Å²) in [7, 11) is 0. The molecule has 2 atom stereocenters. The van der Waals surface area contributed by atoms with E-state index in [1.165, 1.54) is 0 Å². The minimum atomic E-state index is -1.63. The fourth-order valence-corrected chi connectivity index (χ4v) is 1.98. The molecule has 0 saturated heterocycles. The van der Waals surface area contributed by atoms with Gasteiger partial charge in [0, 0.05) is 0 Å². The summed E-state index contributed by atoms with van der Waals surface area (Å²) in [6.45, 7) is 1.75. The van der Waals surface area contributed by atoms with Gasteiger partial charge in [-0.1, -0.05) is 18.2 Å². The van der Waals surface area contributed by atoms with E-state index in [-0.39, 0.29) is 12.4 Å². The summed E-state index contributed by atoms with van der Waals surface area (Å²) in [5, 5.41) is 30.8. The lowest BCUT2D eigenvalue weighted by atomic mass is 10.00. The van der Waals surface area contributed by atoms with Gasteiger partial charge in [-0.2, -0.15) is 0 Å². The van der Waals surface area contributed by atoms with Gasteiger partial charge in [0.1, 0.15) is 11.9 Å². The van der Waals surface area contributed by atoms with Crippen molar-refractivity contribution >= 4 is 16.7 Å². The molecular formula is C15H16O5. The molecule has 0 fully saturated rings. The molecule has 0 radical (unpaired) electrons. The molecule has 5 heteroatoms. The fourth-order valence-electron chi connectivity index (χ4n) is 1.98. The van der Waals surface area contributed by atoms with Crippen LogP contribution < -0.4 is 0 Å². The number of aliphatic hydroxyl groups excluding tert-OH is 2. The Balaban J connectivity index is 2.30. The number of aliphatic hydroxyl groups is 2. The zero-order valence-corrected chi connectivity index (χ0v) is 11.0. The number of hydrogen-bond acceptors (Lipinski definition) is 5. The number of aromatic hydroxyl groups is 1. The Morgan fingerprint density at radius 2 is 1.85 bits per heavy atom. The Bertz CT molecular complexity index is 623. The van der Waals surface area contributed by atoms with E-state index in [2.05, 4.69) is 4.74 Å². The summed E-state index contributed by atoms with van der Waals surface area (Å²) in [4.78, 5) is 11.4. The minimum absolute atomic E-state index is 0.107. The van der Waals surface area contributed by atoms with Gasteiger partial charge in [-0.3, -0.25) is 0 Å². The first-order valence-corrected chi connectivity index (χ1v) is 6.28. The number of carbonyl (C=O) groups is 1. The largest absolute Gasteiger partial charge is 0.508 e. The van der Waals surface area contributed by atoms with Crippen molar-refractivity contribution in [1.82, 2.24) is 0 Å². The maximum Gasteiger partial charge on any atom is 0.338 e. The summed E-state index contributed by atoms with van der Waals surface area (Å²) in [6.07, 6.45) is -3.01. The fraction of sp³-hybridized carbons (Fsp3) is 0.267. The van der Waals surface area contributed by atoms with Gasteiger partial charge >= 0.3 is 5.97 Å². The smallest absolute Gasteiger partial charge is 0.338 e. The van der Waals surface area contributed by atoms with Crippen LogP contribution in [0.25, 0.3) is 10.8 Å². The summed E-state index contributed by atoms with van der Waals surface area (Å²) in [5.41, 5.74) is 0.378. The molecule has 2 rings (SSSR count). The van der Waals surface area contributed by atoms with Crippen LogP contribution in [0.1, 0.15) is 18.6 Å². The lowest BCUT2D eigenvalue weighted by Gasteiger charge is -2.17. The van der Waals surface area contributed by atoms with E-state index in [0.29, 0.717) is 10.9 Å². The second kappa shape index (κ2) is 5.90. The van der Waals surface area contributed by atoms with Crippen LogP contribution in [0.15, 0.2) is 36.4 Å². The van der Waals surface area contributed by atoms with Crippen LogP contribution in [0.2, 0.25) is 0 Å². The van der Waals surface area contributed by atoms with Crippen molar-refractivity contribution < 1.29 is 24.9 Å². The van der Waals surface area contributed by atoms with Crippen molar-refractivity contribution in [3.05, 3.63) is 42.0 Å². The number of ether oxygens (including phenoxy) is 1. The quantitative estimate of drug-likeness (QED) is 0.737. The van der Waals surface area contributed by atoms with Crippen LogP contribution in [-0.2, 0) is 9.53 Å². The van der Waals surface area contributed by atoms with Crippen LogP contribution >= 0.6 is 0 Å². The molecule has 0 aliphatic rings. The van der Waals surface area contributed by atoms with E-state index in [9.17, 15) is 20.1 Å². The predicted molar refractivity (Wildman–Crippen MR) is 73.2 cm³/mol. The van der Waals surface area contributed by atoms with Crippen LogP contribution in [0.4, 0.5) is 0 Å². The molecule has 0 aliphatic heterocycles. The summed E-state index contributed by atoms with van der Waals surface area (Å²) in [5.74, 6) is -0.758. The number of hydrogen-bond donors (Lipinski definition) is 3. The molecule has 20 heavy (non-hydrogen) atoms. The SMILES string of the molecule is CCOC(=O)C(O)C(O)c1ccc2ccc(O)cc2c1. The number of phenols is 1. The van der Waals surface area contributed by atoms with Crippen LogP contribution in [0, 0.1) is 0 Å². The maximum atomic E-state index is 11.4. The van der Waals surface area contributed by atoms with Gasteiger partial charge in [-0.25, -0.2) is 4.79 Å². The number of carbonyl (C=O) groups excluding carboxylic acids is 1. The third-order valence-corrected chi connectivity index (χ3v) is 3.02. The number of phenolic OH excluding ortho intramolecular Hbond substituents is 1. The summed E-state index contributed by atoms with van der Waals surface area (Å²) < 4.78 is 4.66. The van der Waals surface area contributed by atoms with Gasteiger partial charge in [0.2, 0.25) is 0 Å².